The number of carbonyl (C=O) groups excluding carboxylic acids is 2. The van der Waals surface area contributed by atoms with Crippen molar-refractivity contribution in [2.24, 2.45) is 0 Å². The largest absolute Gasteiger partial charge is 0.336 e. The fraction of sp³-hybridized carbons (Fsp3) is 0.524. The van der Waals surface area contributed by atoms with Gasteiger partial charge in [0, 0.05) is 24.6 Å². The summed E-state index contributed by atoms with van der Waals surface area (Å²) in [6, 6.07) is 1.28. The molecule has 1 atom stereocenters. The second-order valence-corrected chi connectivity index (χ2v) is 9.65. The van der Waals surface area contributed by atoms with Gasteiger partial charge in [-0.15, -0.1) is 0 Å². The zero-order chi connectivity index (χ0) is 20.6. The predicted molar refractivity (Wildman–Crippen MR) is 111 cm³/mol. The molecule has 2 N–H and O–H groups in total. The predicted octanol–water partition coefficient (Wildman–Crippen LogP) is 2.64. The summed E-state index contributed by atoms with van der Waals surface area (Å²) in [5, 5.41) is 3.82. The number of benzene rings is 1. The van der Waals surface area contributed by atoms with E-state index in [2.05, 4.69) is 16.1 Å². The fourth-order valence-corrected chi connectivity index (χ4v) is 5.61. The van der Waals surface area contributed by atoms with Crippen LogP contribution in [0.5, 0.6) is 0 Å². The Labute approximate surface area is 171 Å². The molecule has 4 rings (SSSR count). The first-order chi connectivity index (χ1) is 13.8. The minimum absolute atomic E-state index is 0.0768. The van der Waals surface area contributed by atoms with Crippen molar-refractivity contribution in [3.63, 3.8) is 0 Å². The lowest BCUT2D eigenvalue weighted by molar-refractivity contribution is -0.128. The molecule has 1 fully saturated rings. The molecular weight excluding hydrogens is 390 g/mol. The summed E-state index contributed by atoms with van der Waals surface area (Å²) in [7, 11) is -3.95. The summed E-state index contributed by atoms with van der Waals surface area (Å²) in [6.45, 7) is 2.10. The van der Waals surface area contributed by atoms with Crippen LogP contribution in [0.15, 0.2) is 17.6 Å². The number of carbonyl (C=O) groups is 2. The van der Waals surface area contributed by atoms with Gasteiger partial charge in [0.1, 0.15) is 0 Å². The molecule has 1 saturated heterocycles. The van der Waals surface area contributed by atoms with Gasteiger partial charge in [0.25, 0.3) is 10.0 Å². The van der Waals surface area contributed by atoms with Crippen LogP contribution in [-0.2, 0) is 40.5 Å². The topological polar surface area (TPSA) is 95.6 Å². The molecule has 3 aliphatic rings. The van der Waals surface area contributed by atoms with Crippen molar-refractivity contribution in [3.05, 3.63) is 39.8 Å². The molecule has 1 unspecified atom stereocenters. The molecule has 1 heterocycles. The molecule has 0 radical (unpaired) electrons. The zero-order valence-corrected chi connectivity index (χ0v) is 17.5. The molecule has 1 aromatic carbocycles. The van der Waals surface area contributed by atoms with Crippen molar-refractivity contribution in [3.8, 4) is 0 Å². The summed E-state index contributed by atoms with van der Waals surface area (Å²) in [4.78, 5) is 25.7. The highest BCUT2D eigenvalue weighted by Crippen LogP contribution is 2.38. The second kappa shape index (κ2) is 7.82. The number of hydrogen-bond acceptors (Lipinski definition) is 4. The Morgan fingerprint density at radius 3 is 2.34 bits per heavy atom. The van der Waals surface area contributed by atoms with Gasteiger partial charge in [-0.05, 0) is 79.7 Å². The van der Waals surface area contributed by atoms with Gasteiger partial charge in [-0.3, -0.25) is 4.79 Å². The minimum Gasteiger partial charge on any atom is -0.336 e. The van der Waals surface area contributed by atoms with E-state index in [-0.39, 0.29) is 11.9 Å². The Hall–Kier alpha value is -2.35. The SMILES string of the molecule is CC(=O)N1CCCC1C=CS(=O)(=O)NC(=O)Nc1c2c(cc3c1CCC3)CCC2. The summed E-state index contributed by atoms with van der Waals surface area (Å²) >= 11 is 0. The number of fused-ring (bicyclic) bond motifs is 2. The van der Waals surface area contributed by atoms with Crippen LogP contribution in [0.25, 0.3) is 0 Å². The monoisotopic (exact) mass is 417 g/mol. The van der Waals surface area contributed by atoms with Gasteiger partial charge in [-0.1, -0.05) is 6.07 Å². The Morgan fingerprint density at radius 1 is 1.07 bits per heavy atom. The quantitative estimate of drug-likeness (QED) is 0.787. The number of amides is 3. The summed E-state index contributed by atoms with van der Waals surface area (Å²) in [6.07, 6.45) is 9.00. The highest BCUT2D eigenvalue weighted by atomic mass is 32.2. The van der Waals surface area contributed by atoms with Crippen LogP contribution in [-0.4, -0.2) is 37.8 Å². The van der Waals surface area contributed by atoms with Crippen LogP contribution in [0.4, 0.5) is 10.5 Å². The van der Waals surface area contributed by atoms with E-state index in [4.69, 9.17) is 0 Å². The Kier molecular flexibility index (Phi) is 5.38. The third kappa shape index (κ3) is 4.17. The van der Waals surface area contributed by atoms with E-state index in [1.807, 2.05) is 0 Å². The van der Waals surface area contributed by atoms with E-state index in [1.54, 1.807) is 4.90 Å². The lowest BCUT2D eigenvalue weighted by Gasteiger charge is -2.20. The molecule has 0 spiro atoms. The van der Waals surface area contributed by atoms with Gasteiger partial charge < -0.3 is 10.2 Å². The number of likely N-dealkylation sites (tertiary alicyclic amines) is 1. The Morgan fingerprint density at radius 2 is 1.72 bits per heavy atom. The van der Waals surface area contributed by atoms with E-state index in [9.17, 15) is 18.0 Å². The van der Waals surface area contributed by atoms with E-state index >= 15 is 0 Å². The first kappa shape index (κ1) is 19.9. The van der Waals surface area contributed by atoms with Crippen molar-refractivity contribution in [2.45, 2.75) is 64.3 Å². The summed E-state index contributed by atoms with van der Waals surface area (Å²) in [5.41, 5.74) is 5.65. The van der Waals surface area contributed by atoms with Gasteiger partial charge in [-0.2, -0.15) is 0 Å². The molecule has 1 aromatic rings. The number of sulfonamides is 1. The van der Waals surface area contributed by atoms with Crippen LogP contribution in [0.2, 0.25) is 0 Å². The normalized spacial score (nSPS) is 20.7. The number of urea groups is 1. The van der Waals surface area contributed by atoms with Gasteiger partial charge in [0.15, 0.2) is 0 Å². The molecule has 1 aliphatic heterocycles. The number of anilines is 1. The van der Waals surface area contributed by atoms with Crippen molar-refractivity contribution in [2.75, 3.05) is 11.9 Å². The molecule has 0 bridgehead atoms. The van der Waals surface area contributed by atoms with Crippen molar-refractivity contribution >= 4 is 27.6 Å². The number of hydrogen-bond donors (Lipinski definition) is 2. The molecule has 7 nitrogen and oxygen atoms in total. The highest BCUT2D eigenvalue weighted by molar-refractivity contribution is 7.92. The standard InChI is InChI=1S/C21H27N3O4S/c1-14(25)24-11-4-7-17(24)10-12-29(27,28)23-21(26)22-20-18-8-2-5-15(18)13-16-6-3-9-19(16)20/h10,12-13,17H,2-9,11H2,1H3,(H2,22,23,26). The minimum atomic E-state index is -3.95. The van der Waals surface area contributed by atoms with Crippen molar-refractivity contribution in [1.82, 2.24) is 9.62 Å². The van der Waals surface area contributed by atoms with E-state index in [1.165, 1.54) is 24.1 Å². The van der Waals surface area contributed by atoms with Crippen LogP contribution in [0.1, 0.15) is 54.9 Å². The van der Waals surface area contributed by atoms with Crippen LogP contribution in [0.3, 0.4) is 0 Å². The molecule has 8 heteroatoms. The second-order valence-electron chi connectivity index (χ2n) is 8.09. The molecular formula is C21H27N3O4S. The average Bonchev–Trinajstić information content (AvgIpc) is 3.39. The zero-order valence-electron chi connectivity index (χ0n) is 16.7. The van der Waals surface area contributed by atoms with Crippen LogP contribution >= 0.6 is 0 Å². The molecule has 29 heavy (non-hydrogen) atoms. The van der Waals surface area contributed by atoms with Crippen LogP contribution in [0, 0.1) is 0 Å². The number of aryl methyl sites for hydroxylation is 2. The summed E-state index contributed by atoms with van der Waals surface area (Å²) < 4.78 is 26.8. The number of nitrogens with zero attached hydrogens (tertiary/aromatic N) is 1. The van der Waals surface area contributed by atoms with E-state index in [0.717, 1.165) is 73.6 Å². The van der Waals surface area contributed by atoms with E-state index < -0.39 is 16.1 Å². The maximum atomic E-state index is 12.5. The third-order valence-corrected chi connectivity index (χ3v) is 7.12. The maximum Gasteiger partial charge on any atom is 0.333 e. The van der Waals surface area contributed by atoms with Crippen LogP contribution < -0.4 is 10.0 Å². The molecule has 0 aromatic heterocycles. The van der Waals surface area contributed by atoms with Gasteiger partial charge in [0.05, 0.1) is 6.04 Å². The van der Waals surface area contributed by atoms with Gasteiger partial charge in [-0.25, -0.2) is 17.9 Å². The van der Waals surface area contributed by atoms with Gasteiger partial charge >= 0.3 is 6.03 Å². The first-order valence-electron chi connectivity index (χ1n) is 10.3. The summed E-state index contributed by atoms with van der Waals surface area (Å²) in [5.74, 6) is -0.0768. The van der Waals surface area contributed by atoms with E-state index in [0.29, 0.717) is 6.54 Å². The Bertz CT molecular complexity index is 952. The molecule has 3 amide bonds. The Balaban J connectivity index is 1.46. The smallest absolute Gasteiger partial charge is 0.333 e. The molecule has 2 aliphatic carbocycles. The lowest BCUT2D eigenvalue weighted by atomic mass is 9.99. The number of nitrogens with one attached hydrogen (secondary N) is 2. The first-order valence-corrected chi connectivity index (χ1v) is 11.8. The lowest BCUT2D eigenvalue weighted by Crippen LogP contribution is -2.35. The molecule has 156 valence electrons. The van der Waals surface area contributed by atoms with Crippen molar-refractivity contribution in [1.29, 1.82) is 0 Å². The fourth-order valence-electron chi connectivity index (χ4n) is 4.85. The van der Waals surface area contributed by atoms with Gasteiger partial charge in [0.2, 0.25) is 5.91 Å². The van der Waals surface area contributed by atoms with Crippen molar-refractivity contribution < 1.29 is 18.0 Å². The average molecular weight is 418 g/mol. The number of rotatable bonds is 4. The molecule has 0 saturated carbocycles. The third-order valence-electron chi connectivity index (χ3n) is 6.13. The highest BCUT2D eigenvalue weighted by Gasteiger charge is 2.27. The maximum absolute atomic E-state index is 12.5.